The number of H-pyrrole nitrogens is 1. The SMILES string of the molecule is FC(F)(F)c1cncnc1-c1c[nH]c2ccccc12. The Balaban J connectivity index is 2.28. The zero-order valence-electron chi connectivity index (χ0n) is 9.57. The molecule has 0 radical (unpaired) electrons. The van der Waals surface area contributed by atoms with Gasteiger partial charge in [0.1, 0.15) is 11.9 Å². The first-order chi connectivity index (χ1) is 9.07. The van der Waals surface area contributed by atoms with Gasteiger partial charge >= 0.3 is 6.18 Å². The van der Waals surface area contributed by atoms with Gasteiger partial charge in [0.15, 0.2) is 0 Å². The topological polar surface area (TPSA) is 41.6 Å². The number of aromatic nitrogens is 3. The van der Waals surface area contributed by atoms with Crippen molar-refractivity contribution in [2.75, 3.05) is 0 Å². The molecule has 0 fully saturated rings. The number of nitrogens with one attached hydrogen (secondary N) is 1. The number of hydrogen-bond acceptors (Lipinski definition) is 2. The molecule has 96 valence electrons. The molecule has 2 heterocycles. The van der Waals surface area contributed by atoms with E-state index in [9.17, 15) is 13.2 Å². The Morgan fingerprint density at radius 2 is 1.89 bits per heavy atom. The molecule has 0 atom stereocenters. The van der Waals surface area contributed by atoms with Crippen LogP contribution in [0, 0.1) is 0 Å². The Bertz CT molecular complexity index is 731. The van der Waals surface area contributed by atoms with E-state index in [0.29, 0.717) is 10.9 Å². The molecule has 0 amide bonds. The number of para-hydroxylation sites is 1. The predicted molar refractivity (Wildman–Crippen MR) is 64.3 cm³/mol. The molecular formula is C13H8F3N3. The van der Waals surface area contributed by atoms with Crippen LogP contribution < -0.4 is 0 Å². The van der Waals surface area contributed by atoms with E-state index in [1.54, 1.807) is 18.2 Å². The molecule has 3 nitrogen and oxygen atoms in total. The molecule has 0 saturated heterocycles. The smallest absolute Gasteiger partial charge is 0.360 e. The van der Waals surface area contributed by atoms with E-state index in [0.717, 1.165) is 18.0 Å². The summed E-state index contributed by atoms with van der Waals surface area (Å²) in [5.41, 5.74) is 0.245. The fourth-order valence-corrected chi connectivity index (χ4v) is 2.02. The lowest BCUT2D eigenvalue weighted by Crippen LogP contribution is -2.08. The molecule has 6 heteroatoms. The van der Waals surface area contributed by atoms with E-state index < -0.39 is 11.7 Å². The first-order valence-electron chi connectivity index (χ1n) is 5.51. The standard InChI is InChI=1S/C13H8F3N3/c14-13(15,16)10-6-17-7-19-12(10)9-5-18-11-4-2-1-3-8(9)11/h1-7,18H. The van der Waals surface area contributed by atoms with Crippen LogP contribution >= 0.6 is 0 Å². The number of rotatable bonds is 1. The van der Waals surface area contributed by atoms with E-state index in [-0.39, 0.29) is 5.69 Å². The maximum atomic E-state index is 13.0. The van der Waals surface area contributed by atoms with Crippen molar-refractivity contribution in [2.24, 2.45) is 0 Å². The highest BCUT2D eigenvalue weighted by Crippen LogP contribution is 2.37. The summed E-state index contributed by atoms with van der Waals surface area (Å²) in [5, 5.41) is 0.701. The second-order valence-electron chi connectivity index (χ2n) is 4.03. The van der Waals surface area contributed by atoms with Crippen molar-refractivity contribution in [3.8, 4) is 11.3 Å². The van der Waals surface area contributed by atoms with Gasteiger partial charge in [0.25, 0.3) is 0 Å². The third-order valence-corrected chi connectivity index (χ3v) is 2.86. The van der Waals surface area contributed by atoms with Gasteiger partial charge in [-0.1, -0.05) is 18.2 Å². The fourth-order valence-electron chi connectivity index (χ4n) is 2.02. The minimum atomic E-state index is -4.48. The van der Waals surface area contributed by atoms with Crippen LogP contribution in [-0.4, -0.2) is 15.0 Å². The molecule has 0 saturated carbocycles. The average molecular weight is 263 g/mol. The van der Waals surface area contributed by atoms with Crippen molar-refractivity contribution >= 4 is 10.9 Å². The van der Waals surface area contributed by atoms with Crippen LogP contribution in [0.3, 0.4) is 0 Å². The number of alkyl halides is 3. The molecule has 0 aliphatic heterocycles. The van der Waals surface area contributed by atoms with Gasteiger partial charge in [-0.15, -0.1) is 0 Å². The van der Waals surface area contributed by atoms with E-state index in [4.69, 9.17) is 0 Å². The molecule has 0 aliphatic rings. The van der Waals surface area contributed by atoms with Crippen molar-refractivity contribution in [1.82, 2.24) is 15.0 Å². The molecule has 0 aliphatic carbocycles. The Morgan fingerprint density at radius 1 is 1.11 bits per heavy atom. The molecule has 0 bridgehead atoms. The number of fused-ring (bicyclic) bond motifs is 1. The summed E-state index contributed by atoms with van der Waals surface area (Å²) in [6.45, 7) is 0. The molecule has 3 rings (SSSR count). The highest BCUT2D eigenvalue weighted by molar-refractivity contribution is 5.95. The van der Waals surface area contributed by atoms with Crippen LogP contribution in [0.25, 0.3) is 22.2 Å². The number of hydrogen-bond donors (Lipinski definition) is 1. The fraction of sp³-hybridized carbons (Fsp3) is 0.0769. The Morgan fingerprint density at radius 3 is 2.68 bits per heavy atom. The third kappa shape index (κ3) is 1.95. The van der Waals surface area contributed by atoms with Crippen LogP contribution in [0.15, 0.2) is 43.0 Å². The van der Waals surface area contributed by atoms with Gasteiger partial charge in [0, 0.05) is 28.9 Å². The van der Waals surface area contributed by atoms with Crippen LogP contribution in [0.2, 0.25) is 0 Å². The summed E-state index contributed by atoms with van der Waals surface area (Å²) in [4.78, 5) is 10.2. The van der Waals surface area contributed by atoms with E-state index in [1.807, 2.05) is 6.07 Å². The molecule has 1 aromatic carbocycles. The van der Waals surface area contributed by atoms with Crippen molar-refractivity contribution in [2.45, 2.75) is 6.18 Å². The van der Waals surface area contributed by atoms with Gasteiger partial charge in [0.2, 0.25) is 0 Å². The third-order valence-electron chi connectivity index (χ3n) is 2.86. The van der Waals surface area contributed by atoms with Crippen molar-refractivity contribution in [3.05, 3.63) is 48.5 Å². The lowest BCUT2D eigenvalue weighted by molar-refractivity contribution is -0.137. The number of aromatic amines is 1. The average Bonchev–Trinajstić information content (AvgIpc) is 2.81. The van der Waals surface area contributed by atoms with Gasteiger partial charge < -0.3 is 4.98 Å². The van der Waals surface area contributed by atoms with E-state index >= 15 is 0 Å². The summed E-state index contributed by atoms with van der Waals surface area (Å²) < 4.78 is 38.9. The van der Waals surface area contributed by atoms with E-state index in [2.05, 4.69) is 15.0 Å². The monoisotopic (exact) mass is 263 g/mol. The second-order valence-corrected chi connectivity index (χ2v) is 4.03. The van der Waals surface area contributed by atoms with E-state index in [1.165, 1.54) is 6.20 Å². The Kier molecular flexibility index (Phi) is 2.51. The highest BCUT2D eigenvalue weighted by atomic mass is 19.4. The quantitative estimate of drug-likeness (QED) is 0.728. The van der Waals surface area contributed by atoms with Gasteiger partial charge in [-0.05, 0) is 6.07 Å². The van der Waals surface area contributed by atoms with Crippen LogP contribution in [0.1, 0.15) is 5.56 Å². The van der Waals surface area contributed by atoms with Crippen molar-refractivity contribution in [1.29, 1.82) is 0 Å². The maximum Gasteiger partial charge on any atom is 0.419 e. The van der Waals surface area contributed by atoms with Crippen LogP contribution in [0.5, 0.6) is 0 Å². The Hall–Kier alpha value is -2.37. The summed E-state index contributed by atoms with van der Waals surface area (Å²) in [5.74, 6) is 0. The summed E-state index contributed by atoms with van der Waals surface area (Å²) in [6.07, 6.45) is -1.03. The van der Waals surface area contributed by atoms with Crippen molar-refractivity contribution in [3.63, 3.8) is 0 Å². The normalized spacial score (nSPS) is 11.9. The zero-order chi connectivity index (χ0) is 13.5. The molecule has 3 aromatic rings. The zero-order valence-corrected chi connectivity index (χ0v) is 9.57. The molecular weight excluding hydrogens is 255 g/mol. The second kappa shape index (κ2) is 4.08. The lowest BCUT2D eigenvalue weighted by Gasteiger charge is -2.10. The first kappa shape index (κ1) is 11.7. The summed E-state index contributed by atoms with van der Waals surface area (Å²) in [7, 11) is 0. The van der Waals surface area contributed by atoms with Gasteiger partial charge in [-0.2, -0.15) is 13.2 Å². The largest absolute Gasteiger partial charge is 0.419 e. The molecule has 0 unspecified atom stereocenters. The van der Waals surface area contributed by atoms with Gasteiger partial charge in [-0.3, -0.25) is 0 Å². The first-order valence-corrected chi connectivity index (χ1v) is 5.51. The van der Waals surface area contributed by atoms with Crippen LogP contribution in [0.4, 0.5) is 13.2 Å². The number of halogens is 3. The lowest BCUT2D eigenvalue weighted by atomic mass is 10.1. The minimum absolute atomic E-state index is 0.111. The molecule has 0 spiro atoms. The minimum Gasteiger partial charge on any atom is -0.360 e. The molecule has 2 aromatic heterocycles. The summed E-state index contributed by atoms with van der Waals surface area (Å²) in [6, 6.07) is 7.14. The summed E-state index contributed by atoms with van der Waals surface area (Å²) >= 11 is 0. The van der Waals surface area contributed by atoms with Crippen molar-refractivity contribution < 1.29 is 13.2 Å². The predicted octanol–water partition coefficient (Wildman–Crippen LogP) is 3.64. The maximum absolute atomic E-state index is 13.0. The number of nitrogens with zero attached hydrogens (tertiary/aromatic N) is 2. The number of benzene rings is 1. The van der Waals surface area contributed by atoms with Gasteiger partial charge in [-0.25, -0.2) is 9.97 Å². The Labute approximate surface area is 106 Å². The molecule has 19 heavy (non-hydrogen) atoms. The van der Waals surface area contributed by atoms with Gasteiger partial charge in [0.05, 0.1) is 5.69 Å². The molecule has 1 N–H and O–H groups in total. The van der Waals surface area contributed by atoms with Crippen LogP contribution in [-0.2, 0) is 6.18 Å². The highest BCUT2D eigenvalue weighted by Gasteiger charge is 2.35.